The molecule has 2 heterocycles. The van der Waals surface area contributed by atoms with Gasteiger partial charge in [-0.1, -0.05) is 6.07 Å². The van der Waals surface area contributed by atoms with Crippen LogP contribution in [0.3, 0.4) is 0 Å². The molecule has 2 aromatic carbocycles. The van der Waals surface area contributed by atoms with Crippen molar-refractivity contribution in [2.75, 3.05) is 59.5 Å². The average Bonchev–Trinajstić information content (AvgIpc) is 2.91. The molecule has 0 N–H and O–H groups in total. The van der Waals surface area contributed by atoms with Crippen LogP contribution in [-0.4, -0.2) is 75.6 Å². The van der Waals surface area contributed by atoms with E-state index in [4.69, 9.17) is 18.9 Å². The molecule has 0 unspecified atom stereocenters. The molecular formula is C25H28N4O5. The largest absolute Gasteiger partial charge is 0.496 e. The number of anilines is 1. The first-order chi connectivity index (χ1) is 16.6. The first-order valence-electron chi connectivity index (χ1n) is 10.9. The molecule has 0 bridgehead atoms. The van der Waals surface area contributed by atoms with Gasteiger partial charge in [0, 0.05) is 31.7 Å². The zero-order chi connectivity index (χ0) is 24.1. The number of amides is 1. The van der Waals surface area contributed by atoms with Gasteiger partial charge in [0.15, 0.2) is 17.3 Å². The van der Waals surface area contributed by atoms with Gasteiger partial charge in [-0.2, -0.15) is 0 Å². The maximum atomic E-state index is 13.2. The Morgan fingerprint density at radius 1 is 0.735 bits per heavy atom. The second-order valence-electron chi connectivity index (χ2n) is 7.66. The van der Waals surface area contributed by atoms with Crippen molar-refractivity contribution >= 4 is 11.7 Å². The minimum Gasteiger partial charge on any atom is -0.496 e. The number of benzene rings is 2. The Hall–Kier alpha value is -4.01. The van der Waals surface area contributed by atoms with Crippen LogP contribution in [0.15, 0.2) is 48.5 Å². The lowest BCUT2D eigenvalue weighted by molar-refractivity contribution is 0.0739. The Kier molecular flexibility index (Phi) is 7.01. The minimum absolute atomic E-state index is 0.108. The number of rotatable bonds is 7. The lowest BCUT2D eigenvalue weighted by atomic mass is 10.1. The highest BCUT2D eigenvalue weighted by Gasteiger charge is 2.27. The van der Waals surface area contributed by atoms with Crippen molar-refractivity contribution in [3.8, 4) is 34.3 Å². The smallest absolute Gasteiger partial charge is 0.261 e. The van der Waals surface area contributed by atoms with Crippen molar-refractivity contribution in [3.63, 3.8) is 0 Å². The van der Waals surface area contributed by atoms with E-state index in [1.165, 1.54) is 0 Å². The first kappa shape index (κ1) is 23.2. The predicted octanol–water partition coefficient (Wildman–Crippen LogP) is 3.14. The monoisotopic (exact) mass is 464 g/mol. The highest BCUT2D eigenvalue weighted by Crippen LogP contribution is 2.32. The summed E-state index contributed by atoms with van der Waals surface area (Å²) >= 11 is 0. The number of carbonyl (C=O) groups excluding carboxylic acids is 1. The molecule has 0 aliphatic carbocycles. The van der Waals surface area contributed by atoms with E-state index < -0.39 is 0 Å². The summed E-state index contributed by atoms with van der Waals surface area (Å²) in [6.07, 6.45) is 0. The quantitative estimate of drug-likeness (QED) is 0.527. The van der Waals surface area contributed by atoms with Crippen molar-refractivity contribution in [2.24, 2.45) is 0 Å². The summed E-state index contributed by atoms with van der Waals surface area (Å²) in [5.74, 6) is 2.97. The lowest BCUT2D eigenvalue weighted by Gasteiger charge is -2.35. The molecule has 4 rings (SSSR count). The Balaban J connectivity index is 1.44. The van der Waals surface area contributed by atoms with Crippen LogP contribution in [0.25, 0.3) is 11.3 Å². The SMILES string of the molecule is COc1ccc(-c2ccc(N3CCN(C(=O)c4c(OC)cccc4OC)CC3)nn2)cc1OC. The highest BCUT2D eigenvalue weighted by molar-refractivity contribution is 5.99. The van der Waals surface area contributed by atoms with Gasteiger partial charge < -0.3 is 28.7 Å². The predicted molar refractivity (Wildman–Crippen MR) is 128 cm³/mol. The summed E-state index contributed by atoms with van der Waals surface area (Å²) in [6, 6.07) is 14.8. The van der Waals surface area contributed by atoms with Gasteiger partial charge in [-0.05, 0) is 42.5 Å². The second-order valence-corrected chi connectivity index (χ2v) is 7.66. The van der Waals surface area contributed by atoms with Crippen LogP contribution in [0.5, 0.6) is 23.0 Å². The van der Waals surface area contributed by atoms with Crippen LogP contribution < -0.4 is 23.8 Å². The van der Waals surface area contributed by atoms with E-state index in [0.717, 1.165) is 17.1 Å². The molecule has 1 aromatic heterocycles. The molecule has 0 spiro atoms. The van der Waals surface area contributed by atoms with E-state index in [0.29, 0.717) is 54.7 Å². The number of ether oxygens (including phenoxy) is 4. The topological polar surface area (TPSA) is 86.3 Å². The van der Waals surface area contributed by atoms with Crippen molar-refractivity contribution in [2.45, 2.75) is 0 Å². The fourth-order valence-corrected chi connectivity index (χ4v) is 4.00. The average molecular weight is 465 g/mol. The third kappa shape index (κ3) is 4.54. The highest BCUT2D eigenvalue weighted by atomic mass is 16.5. The molecule has 0 saturated carbocycles. The Bertz CT molecular complexity index is 1120. The molecular weight excluding hydrogens is 436 g/mol. The lowest BCUT2D eigenvalue weighted by Crippen LogP contribution is -2.49. The Labute approximate surface area is 198 Å². The summed E-state index contributed by atoms with van der Waals surface area (Å²) < 4.78 is 21.5. The van der Waals surface area contributed by atoms with Gasteiger partial charge in [0.25, 0.3) is 5.91 Å². The van der Waals surface area contributed by atoms with E-state index in [2.05, 4.69) is 15.1 Å². The maximum Gasteiger partial charge on any atom is 0.261 e. The van der Waals surface area contributed by atoms with Gasteiger partial charge in [-0.25, -0.2) is 0 Å². The zero-order valence-corrected chi connectivity index (χ0v) is 19.8. The summed E-state index contributed by atoms with van der Waals surface area (Å²) in [7, 11) is 6.30. The van der Waals surface area contributed by atoms with Crippen LogP contribution in [-0.2, 0) is 0 Å². The molecule has 9 heteroatoms. The van der Waals surface area contributed by atoms with Crippen LogP contribution in [0.1, 0.15) is 10.4 Å². The summed E-state index contributed by atoms with van der Waals surface area (Å²) in [5, 5.41) is 8.82. The van der Waals surface area contributed by atoms with Crippen molar-refractivity contribution < 1.29 is 23.7 Å². The number of aromatic nitrogens is 2. The van der Waals surface area contributed by atoms with Crippen molar-refractivity contribution in [1.82, 2.24) is 15.1 Å². The van der Waals surface area contributed by atoms with Crippen LogP contribution in [0.2, 0.25) is 0 Å². The molecule has 1 fully saturated rings. The Morgan fingerprint density at radius 2 is 1.38 bits per heavy atom. The van der Waals surface area contributed by atoms with E-state index in [1.54, 1.807) is 46.6 Å². The minimum atomic E-state index is -0.108. The molecule has 34 heavy (non-hydrogen) atoms. The second kappa shape index (κ2) is 10.3. The molecule has 3 aromatic rings. The number of carbonyl (C=O) groups is 1. The number of methoxy groups -OCH3 is 4. The van der Waals surface area contributed by atoms with Gasteiger partial charge in [0.05, 0.1) is 34.1 Å². The summed E-state index contributed by atoms with van der Waals surface area (Å²) in [6.45, 7) is 2.40. The summed E-state index contributed by atoms with van der Waals surface area (Å²) in [5.41, 5.74) is 2.07. The van der Waals surface area contributed by atoms with Gasteiger partial charge in [0.1, 0.15) is 17.1 Å². The number of nitrogens with zero attached hydrogens (tertiary/aromatic N) is 4. The number of hydrogen-bond donors (Lipinski definition) is 0. The molecule has 1 amide bonds. The molecule has 1 saturated heterocycles. The van der Waals surface area contributed by atoms with E-state index in [1.807, 2.05) is 35.2 Å². The van der Waals surface area contributed by atoms with Gasteiger partial charge in [-0.15, -0.1) is 10.2 Å². The van der Waals surface area contributed by atoms with Crippen LogP contribution >= 0.6 is 0 Å². The van der Waals surface area contributed by atoms with Gasteiger partial charge in [-0.3, -0.25) is 4.79 Å². The van der Waals surface area contributed by atoms with Crippen LogP contribution in [0.4, 0.5) is 5.82 Å². The summed E-state index contributed by atoms with van der Waals surface area (Å²) in [4.78, 5) is 17.1. The standard InChI is InChI=1S/C25H28N4O5/c1-31-19-10-8-17(16-22(19)34-4)18-9-11-23(27-26-18)28-12-14-29(15-13-28)25(30)24-20(32-2)6-5-7-21(24)33-3/h5-11,16H,12-15H2,1-4H3. The number of piperazine rings is 1. The molecule has 1 aliphatic heterocycles. The van der Waals surface area contributed by atoms with Gasteiger partial charge >= 0.3 is 0 Å². The molecule has 0 atom stereocenters. The van der Waals surface area contributed by atoms with Crippen molar-refractivity contribution in [1.29, 1.82) is 0 Å². The van der Waals surface area contributed by atoms with Gasteiger partial charge in [0.2, 0.25) is 0 Å². The van der Waals surface area contributed by atoms with E-state index in [-0.39, 0.29) is 5.91 Å². The van der Waals surface area contributed by atoms with E-state index >= 15 is 0 Å². The third-order valence-corrected chi connectivity index (χ3v) is 5.86. The molecule has 0 radical (unpaired) electrons. The molecule has 9 nitrogen and oxygen atoms in total. The number of hydrogen-bond acceptors (Lipinski definition) is 8. The fraction of sp³-hybridized carbons (Fsp3) is 0.320. The molecule has 1 aliphatic rings. The van der Waals surface area contributed by atoms with Crippen molar-refractivity contribution in [3.05, 3.63) is 54.1 Å². The third-order valence-electron chi connectivity index (χ3n) is 5.86. The normalized spacial score (nSPS) is 13.4. The fourth-order valence-electron chi connectivity index (χ4n) is 4.00. The first-order valence-corrected chi connectivity index (χ1v) is 10.9. The van der Waals surface area contributed by atoms with Crippen LogP contribution in [0, 0.1) is 0 Å². The molecule has 178 valence electrons. The maximum absolute atomic E-state index is 13.2. The Morgan fingerprint density at radius 3 is 1.94 bits per heavy atom. The van der Waals surface area contributed by atoms with E-state index in [9.17, 15) is 4.79 Å². The zero-order valence-electron chi connectivity index (χ0n) is 19.8.